The van der Waals surface area contributed by atoms with Crippen molar-refractivity contribution in [2.24, 2.45) is 0 Å². The van der Waals surface area contributed by atoms with Crippen molar-refractivity contribution in [1.82, 2.24) is 5.32 Å². The molecule has 0 saturated carbocycles. The summed E-state index contributed by atoms with van der Waals surface area (Å²) in [6, 6.07) is -0.194. The minimum Gasteiger partial charge on any atom is -0.469 e. The van der Waals surface area contributed by atoms with Crippen LogP contribution in [0.2, 0.25) is 0 Å². The topological polar surface area (TPSA) is 81.7 Å². The molecule has 0 heterocycles. The maximum Gasteiger partial charge on any atom is 0.305 e. The van der Waals surface area contributed by atoms with Crippen LogP contribution in [0.1, 0.15) is 65.7 Å². The third kappa shape index (κ3) is 11.1. The van der Waals surface area contributed by atoms with Crippen molar-refractivity contribution in [1.29, 1.82) is 0 Å². The van der Waals surface area contributed by atoms with Gasteiger partial charge in [-0.3, -0.25) is 14.4 Å². The fourth-order valence-corrected chi connectivity index (χ4v) is 2.28. The molecule has 22 heavy (non-hydrogen) atoms. The summed E-state index contributed by atoms with van der Waals surface area (Å²) in [5.41, 5.74) is 0. The Labute approximate surface area is 132 Å². The highest BCUT2D eigenvalue weighted by Gasteiger charge is 2.20. The van der Waals surface area contributed by atoms with Crippen LogP contribution in [0.25, 0.3) is 0 Å². The Bertz CT molecular complexity index is 356. The molecule has 6 heteroatoms. The van der Waals surface area contributed by atoms with Crippen LogP contribution >= 0.6 is 0 Å². The molecule has 128 valence electrons. The number of ether oxygens (including phenoxy) is 2. The molecule has 1 N–H and O–H groups in total. The zero-order chi connectivity index (χ0) is 17.0. The second kappa shape index (κ2) is 12.0. The first-order valence-corrected chi connectivity index (χ1v) is 7.88. The molecule has 0 saturated heterocycles. The number of hydrogen-bond donors (Lipinski definition) is 1. The van der Waals surface area contributed by atoms with Crippen molar-refractivity contribution in [3.63, 3.8) is 0 Å². The van der Waals surface area contributed by atoms with Crippen molar-refractivity contribution < 1.29 is 23.9 Å². The number of rotatable bonds is 11. The second-order valence-corrected chi connectivity index (χ2v) is 5.52. The third-order valence-corrected chi connectivity index (χ3v) is 3.40. The van der Waals surface area contributed by atoms with Crippen LogP contribution in [0.15, 0.2) is 0 Å². The van der Waals surface area contributed by atoms with Gasteiger partial charge in [0.2, 0.25) is 5.91 Å². The number of unbranched alkanes of at least 4 members (excludes halogenated alkanes) is 4. The summed E-state index contributed by atoms with van der Waals surface area (Å²) in [7, 11) is 1.40. The van der Waals surface area contributed by atoms with Gasteiger partial charge >= 0.3 is 11.9 Å². The number of hydrogen-bond acceptors (Lipinski definition) is 5. The van der Waals surface area contributed by atoms with Crippen LogP contribution in [0, 0.1) is 0 Å². The Morgan fingerprint density at radius 1 is 1.00 bits per heavy atom. The summed E-state index contributed by atoms with van der Waals surface area (Å²) < 4.78 is 9.85. The number of esters is 2. The van der Waals surface area contributed by atoms with E-state index in [1.807, 2.05) is 6.92 Å². The maximum absolute atomic E-state index is 11.1. The van der Waals surface area contributed by atoms with Gasteiger partial charge in [-0.2, -0.15) is 0 Å². The van der Waals surface area contributed by atoms with Gasteiger partial charge in [-0.15, -0.1) is 0 Å². The lowest BCUT2D eigenvalue weighted by atomic mass is 10.0. The van der Waals surface area contributed by atoms with Gasteiger partial charge in [-0.25, -0.2) is 0 Å². The fourth-order valence-electron chi connectivity index (χ4n) is 2.28. The van der Waals surface area contributed by atoms with Crippen molar-refractivity contribution in [3.05, 3.63) is 0 Å². The van der Waals surface area contributed by atoms with Gasteiger partial charge in [0.1, 0.15) is 6.10 Å². The molecule has 6 nitrogen and oxygen atoms in total. The largest absolute Gasteiger partial charge is 0.469 e. The summed E-state index contributed by atoms with van der Waals surface area (Å²) >= 11 is 0. The van der Waals surface area contributed by atoms with Crippen molar-refractivity contribution >= 4 is 17.8 Å². The van der Waals surface area contributed by atoms with E-state index in [1.54, 1.807) is 0 Å². The predicted octanol–water partition coefficient (Wildman–Crippen LogP) is 2.35. The monoisotopic (exact) mass is 315 g/mol. The zero-order valence-corrected chi connectivity index (χ0v) is 14.1. The van der Waals surface area contributed by atoms with E-state index in [9.17, 15) is 14.4 Å². The Morgan fingerprint density at radius 2 is 1.59 bits per heavy atom. The van der Waals surface area contributed by atoms with Crippen LogP contribution < -0.4 is 5.32 Å². The quantitative estimate of drug-likeness (QED) is 0.467. The molecule has 0 rings (SSSR count). The minimum absolute atomic E-state index is 0.132. The summed E-state index contributed by atoms with van der Waals surface area (Å²) in [5.74, 6) is -0.633. The molecule has 0 aliphatic rings. The molecule has 0 fully saturated rings. The molecule has 0 aromatic rings. The van der Waals surface area contributed by atoms with Crippen LogP contribution in [-0.4, -0.2) is 37.1 Å². The van der Waals surface area contributed by atoms with Crippen LogP contribution in [0.5, 0.6) is 0 Å². The summed E-state index contributed by atoms with van der Waals surface area (Å²) in [4.78, 5) is 33.2. The molecule has 1 amide bonds. The highest BCUT2D eigenvalue weighted by molar-refractivity contribution is 5.73. The number of methoxy groups -OCH3 is 1. The fraction of sp³-hybridized carbons (Fsp3) is 0.812. The molecule has 0 spiro atoms. The summed E-state index contributed by atoms with van der Waals surface area (Å²) in [6.07, 6.45) is 5.65. The smallest absolute Gasteiger partial charge is 0.305 e. The van der Waals surface area contributed by atoms with Gasteiger partial charge in [0, 0.05) is 20.3 Å². The Morgan fingerprint density at radius 3 is 2.14 bits per heavy atom. The van der Waals surface area contributed by atoms with Crippen molar-refractivity contribution in [2.45, 2.75) is 77.9 Å². The first kappa shape index (κ1) is 20.4. The Balaban J connectivity index is 3.91. The van der Waals surface area contributed by atoms with E-state index in [-0.39, 0.29) is 30.0 Å². The molecule has 0 aliphatic carbocycles. The van der Waals surface area contributed by atoms with Crippen LogP contribution in [0.4, 0.5) is 0 Å². The average Bonchev–Trinajstić information content (AvgIpc) is 2.43. The van der Waals surface area contributed by atoms with E-state index in [4.69, 9.17) is 4.74 Å². The highest BCUT2D eigenvalue weighted by Crippen LogP contribution is 2.13. The lowest BCUT2D eigenvalue weighted by Crippen LogP contribution is -2.42. The average molecular weight is 315 g/mol. The van der Waals surface area contributed by atoms with E-state index < -0.39 is 0 Å². The zero-order valence-electron chi connectivity index (χ0n) is 14.1. The Hall–Kier alpha value is -1.59. The van der Waals surface area contributed by atoms with Crippen LogP contribution in [0.3, 0.4) is 0 Å². The number of amides is 1. The van der Waals surface area contributed by atoms with Gasteiger partial charge in [0.25, 0.3) is 0 Å². The van der Waals surface area contributed by atoms with Gasteiger partial charge in [-0.05, 0) is 26.2 Å². The number of carbonyl (C=O) groups is 3. The van der Waals surface area contributed by atoms with Crippen molar-refractivity contribution in [2.75, 3.05) is 7.11 Å². The minimum atomic E-state index is -0.333. The second-order valence-electron chi connectivity index (χ2n) is 5.52. The highest BCUT2D eigenvalue weighted by atomic mass is 16.5. The third-order valence-electron chi connectivity index (χ3n) is 3.40. The standard InChI is InChI=1S/C16H29NO5/c1-12(17-13(2)18)15(22-14(3)19)10-8-6-5-7-9-11-16(20)21-4/h12,15H,5-11H2,1-4H3,(H,17,18)/t12-,15-/m1/s1. The summed E-state index contributed by atoms with van der Waals surface area (Å²) in [6.45, 7) is 4.66. The first-order valence-electron chi connectivity index (χ1n) is 7.88. The molecule has 0 bridgehead atoms. The molecular formula is C16H29NO5. The van der Waals surface area contributed by atoms with E-state index in [2.05, 4.69) is 10.1 Å². The molecular weight excluding hydrogens is 286 g/mol. The van der Waals surface area contributed by atoms with Gasteiger partial charge in [0.05, 0.1) is 13.2 Å². The predicted molar refractivity (Wildman–Crippen MR) is 83.2 cm³/mol. The van der Waals surface area contributed by atoms with Gasteiger partial charge in [0.15, 0.2) is 0 Å². The normalized spacial score (nSPS) is 13.1. The molecule has 2 atom stereocenters. The maximum atomic E-state index is 11.1. The molecule has 0 aromatic heterocycles. The van der Waals surface area contributed by atoms with E-state index >= 15 is 0 Å². The Kier molecular flexibility index (Phi) is 11.1. The molecule has 0 radical (unpaired) electrons. The lowest BCUT2D eigenvalue weighted by molar-refractivity contribution is -0.149. The van der Waals surface area contributed by atoms with E-state index in [0.717, 1.165) is 38.5 Å². The molecule has 0 aromatic carbocycles. The first-order chi connectivity index (χ1) is 10.4. The van der Waals surface area contributed by atoms with E-state index in [1.165, 1.54) is 21.0 Å². The summed E-state index contributed by atoms with van der Waals surface area (Å²) in [5, 5.41) is 2.76. The molecule has 0 unspecified atom stereocenters. The lowest BCUT2D eigenvalue weighted by Gasteiger charge is -2.24. The van der Waals surface area contributed by atoms with Crippen LogP contribution in [-0.2, 0) is 23.9 Å². The van der Waals surface area contributed by atoms with Gasteiger partial charge < -0.3 is 14.8 Å². The van der Waals surface area contributed by atoms with E-state index in [0.29, 0.717) is 6.42 Å². The molecule has 0 aliphatic heterocycles. The van der Waals surface area contributed by atoms with Crippen molar-refractivity contribution in [3.8, 4) is 0 Å². The number of nitrogens with one attached hydrogen (secondary N) is 1. The SMILES string of the molecule is COC(=O)CCCCCCC[C@@H](OC(C)=O)[C@@H](C)NC(C)=O. The van der Waals surface area contributed by atoms with Gasteiger partial charge in [-0.1, -0.05) is 19.3 Å². The number of carbonyl (C=O) groups excluding carboxylic acids is 3.